The van der Waals surface area contributed by atoms with E-state index in [0.29, 0.717) is 56.0 Å². The van der Waals surface area contributed by atoms with E-state index < -0.39 is 94.1 Å². The van der Waals surface area contributed by atoms with Crippen molar-refractivity contribution in [3.05, 3.63) is 124 Å². The van der Waals surface area contributed by atoms with Gasteiger partial charge in [-0.1, -0.05) is 18.2 Å². The Hall–Kier alpha value is -5.69. The number of esters is 1. The van der Waals surface area contributed by atoms with Gasteiger partial charge in [-0.05, 0) is 103 Å². The summed E-state index contributed by atoms with van der Waals surface area (Å²) in [5.74, 6) is -9.61. The van der Waals surface area contributed by atoms with Crippen LogP contribution in [0.1, 0.15) is 58.3 Å². The lowest BCUT2D eigenvalue weighted by molar-refractivity contribution is -0.275. The van der Waals surface area contributed by atoms with Crippen molar-refractivity contribution in [1.82, 2.24) is 5.32 Å². The summed E-state index contributed by atoms with van der Waals surface area (Å²) in [6.45, 7) is 0.206. The smallest absolute Gasteiger partial charge is 0.493 e. The Morgan fingerprint density at radius 3 is 1.98 bits per heavy atom. The number of ether oxygens (including phenoxy) is 4. The SMILES string of the molecule is COC(=O)C1CCC(COc2ccc(C[C@](NC(=O)c3ccc(F)c(C(F)(F)F)c3)(c3cc(F)cc(OC(F)(F)C(F)F)c3)c3ccc(F)c(OC(F)(F)F)c3)cc2)CC1. The molecule has 60 heavy (non-hydrogen) atoms. The Morgan fingerprint density at radius 2 is 1.38 bits per heavy atom. The zero-order valence-corrected chi connectivity index (χ0v) is 30.8. The molecule has 0 aliphatic heterocycles. The van der Waals surface area contributed by atoms with Gasteiger partial charge >= 0.3 is 31.0 Å². The summed E-state index contributed by atoms with van der Waals surface area (Å²) in [5.41, 5.74) is -6.82. The number of carbonyl (C=O) groups excluding carboxylic acids is 2. The van der Waals surface area contributed by atoms with Crippen molar-refractivity contribution < 1.29 is 85.6 Å². The highest BCUT2D eigenvalue weighted by molar-refractivity contribution is 5.95. The van der Waals surface area contributed by atoms with Crippen LogP contribution in [0.4, 0.5) is 57.1 Å². The summed E-state index contributed by atoms with van der Waals surface area (Å²) in [5, 5.41) is 2.26. The number of rotatable bonds is 14. The van der Waals surface area contributed by atoms with E-state index in [1.54, 1.807) is 0 Å². The van der Waals surface area contributed by atoms with Gasteiger partial charge in [0.2, 0.25) is 0 Å². The van der Waals surface area contributed by atoms with Crippen molar-refractivity contribution >= 4 is 11.9 Å². The van der Waals surface area contributed by atoms with Crippen molar-refractivity contribution in [3.63, 3.8) is 0 Å². The fourth-order valence-electron chi connectivity index (χ4n) is 6.71. The summed E-state index contributed by atoms with van der Waals surface area (Å²) < 4.78 is 199. The number of hydrogen-bond acceptors (Lipinski definition) is 6. The predicted octanol–water partition coefficient (Wildman–Crippen LogP) is 10.5. The third-order valence-electron chi connectivity index (χ3n) is 9.64. The molecule has 0 aromatic heterocycles. The molecule has 0 heterocycles. The average Bonchev–Trinajstić information content (AvgIpc) is 3.16. The first-order valence-electron chi connectivity index (χ1n) is 17.7. The van der Waals surface area contributed by atoms with E-state index in [1.807, 2.05) is 0 Å². The molecular formula is C40H32F13NO6. The minimum Gasteiger partial charge on any atom is -0.493 e. The first-order valence-corrected chi connectivity index (χ1v) is 17.7. The number of benzene rings is 4. The monoisotopic (exact) mass is 869 g/mol. The van der Waals surface area contributed by atoms with E-state index in [2.05, 4.69) is 14.8 Å². The number of methoxy groups -OCH3 is 1. The van der Waals surface area contributed by atoms with E-state index in [4.69, 9.17) is 9.47 Å². The molecule has 0 radical (unpaired) electrons. The molecule has 1 fully saturated rings. The molecule has 1 aliphatic rings. The molecular weight excluding hydrogens is 837 g/mol. The van der Waals surface area contributed by atoms with Crippen molar-refractivity contribution in [2.24, 2.45) is 11.8 Å². The quantitative estimate of drug-likeness (QED) is 0.100. The maximum Gasteiger partial charge on any atom is 0.573 e. The van der Waals surface area contributed by atoms with Crippen LogP contribution in [0.25, 0.3) is 0 Å². The van der Waals surface area contributed by atoms with Crippen molar-refractivity contribution in [2.75, 3.05) is 13.7 Å². The number of halogens is 13. The summed E-state index contributed by atoms with van der Waals surface area (Å²) in [7, 11) is 1.29. The van der Waals surface area contributed by atoms with Gasteiger partial charge in [-0.25, -0.2) is 13.2 Å². The lowest BCUT2D eigenvalue weighted by Gasteiger charge is -2.37. The van der Waals surface area contributed by atoms with Gasteiger partial charge in [0.25, 0.3) is 5.91 Å². The summed E-state index contributed by atoms with van der Waals surface area (Å²) in [4.78, 5) is 25.8. The number of hydrogen-bond donors (Lipinski definition) is 1. The van der Waals surface area contributed by atoms with Gasteiger partial charge < -0.3 is 24.3 Å². The second-order valence-electron chi connectivity index (χ2n) is 13.8. The highest BCUT2D eigenvalue weighted by atomic mass is 19.4. The van der Waals surface area contributed by atoms with E-state index >= 15 is 4.39 Å². The Balaban J connectivity index is 1.63. The van der Waals surface area contributed by atoms with E-state index in [-0.39, 0.29) is 53.9 Å². The molecule has 4 aromatic rings. The van der Waals surface area contributed by atoms with Crippen LogP contribution in [0, 0.1) is 29.3 Å². The van der Waals surface area contributed by atoms with Crippen molar-refractivity contribution in [3.8, 4) is 17.2 Å². The molecule has 1 N–H and O–H groups in total. The van der Waals surface area contributed by atoms with Crippen LogP contribution in [0.2, 0.25) is 0 Å². The number of amides is 1. The molecule has 1 saturated carbocycles. The van der Waals surface area contributed by atoms with Crippen LogP contribution in [-0.2, 0) is 27.7 Å². The minimum absolute atomic E-state index is 0.0474. The lowest BCUT2D eigenvalue weighted by atomic mass is 9.77. The van der Waals surface area contributed by atoms with Crippen molar-refractivity contribution in [1.29, 1.82) is 0 Å². The Labute approximate surface area is 332 Å². The van der Waals surface area contributed by atoms with E-state index in [1.165, 1.54) is 31.4 Å². The normalized spacial score (nSPS) is 17.1. The first-order chi connectivity index (χ1) is 28.0. The number of carbonyl (C=O) groups is 2. The van der Waals surface area contributed by atoms with Gasteiger partial charge in [-0.3, -0.25) is 9.59 Å². The van der Waals surface area contributed by atoms with Crippen LogP contribution in [-0.4, -0.2) is 44.5 Å². The molecule has 0 bridgehead atoms. The molecule has 7 nitrogen and oxygen atoms in total. The van der Waals surface area contributed by atoms with Gasteiger partial charge in [0.15, 0.2) is 11.6 Å². The highest BCUT2D eigenvalue weighted by Crippen LogP contribution is 2.41. The molecule has 324 valence electrons. The Kier molecular flexibility index (Phi) is 13.5. The van der Waals surface area contributed by atoms with Gasteiger partial charge in [0.05, 0.1) is 30.7 Å². The van der Waals surface area contributed by atoms with E-state index in [9.17, 15) is 62.3 Å². The predicted molar refractivity (Wildman–Crippen MR) is 184 cm³/mol. The molecule has 20 heteroatoms. The van der Waals surface area contributed by atoms with Gasteiger partial charge in [-0.15, -0.1) is 13.2 Å². The molecule has 1 aliphatic carbocycles. The summed E-state index contributed by atoms with van der Waals surface area (Å²) in [6.07, 6.45) is -19.0. The third kappa shape index (κ3) is 11.1. The van der Waals surface area contributed by atoms with Crippen molar-refractivity contribution in [2.45, 2.75) is 62.7 Å². The largest absolute Gasteiger partial charge is 0.573 e. The molecule has 1 amide bonds. The molecule has 4 aromatic carbocycles. The topological polar surface area (TPSA) is 83.1 Å². The van der Waals surface area contributed by atoms with Crippen LogP contribution >= 0.6 is 0 Å². The number of alkyl halides is 10. The minimum atomic E-state index is -5.54. The fraction of sp³-hybridized carbons (Fsp3) is 0.350. The Bertz CT molecular complexity index is 2150. The lowest BCUT2D eigenvalue weighted by Crippen LogP contribution is -2.49. The average molecular weight is 870 g/mol. The van der Waals surface area contributed by atoms with Gasteiger partial charge in [-0.2, -0.15) is 30.7 Å². The van der Waals surface area contributed by atoms with Gasteiger partial charge in [0, 0.05) is 18.1 Å². The zero-order valence-electron chi connectivity index (χ0n) is 30.8. The Morgan fingerprint density at radius 1 is 0.733 bits per heavy atom. The zero-order chi connectivity index (χ0) is 44.2. The van der Waals surface area contributed by atoms with Gasteiger partial charge in [0.1, 0.15) is 23.1 Å². The summed E-state index contributed by atoms with van der Waals surface area (Å²) >= 11 is 0. The molecule has 1 atom stereocenters. The number of nitrogens with one attached hydrogen (secondary N) is 1. The second kappa shape index (κ2) is 17.9. The first kappa shape index (κ1) is 45.4. The van der Waals surface area contributed by atoms with Crippen LogP contribution < -0.4 is 19.5 Å². The highest BCUT2D eigenvalue weighted by Gasteiger charge is 2.45. The molecule has 5 rings (SSSR count). The van der Waals surface area contributed by atoms with Crippen LogP contribution in [0.5, 0.6) is 17.2 Å². The summed E-state index contributed by atoms with van der Waals surface area (Å²) in [6, 6.07) is 9.16. The van der Waals surface area contributed by atoms with Crippen LogP contribution in [0.15, 0.2) is 78.9 Å². The molecule has 0 spiro atoms. The molecule has 0 unspecified atom stereocenters. The van der Waals surface area contributed by atoms with E-state index in [0.717, 1.165) is 6.07 Å². The fourth-order valence-corrected chi connectivity index (χ4v) is 6.71. The standard InChI is InChI=1S/C40H32F13NO6/c1-57-35(56)23-6-2-22(3-7-23)20-58-28-10-4-21(5-11-28)19-37(25-9-13-32(43)33(17-25)60-40(51,52)53,26-15-27(41)18-29(16-26)59-39(49,50)36(44)45)54-34(55)24-8-12-31(42)30(14-24)38(46,47)48/h4-5,8-18,22-23,36H,2-3,6-7,19-20H2,1H3,(H,54,55)/t22?,23?,37-/m1/s1. The third-order valence-corrected chi connectivity index (χ3v) is 9.64. The maximum absolute atomic E-state index is 15.3. The maximum atomic E-state index is 15.3. The van der Waals surface area contributed by atoms with Crippen LogP contribution in [0.3, 0.4) is 0 Å². The second-order valence-corrected chi connectivity index (χ2v) is 13.8. The molecule has 0 saturated heterocycles.